The summed E-state index contributed by atoms with van der Waals surface area (Å²) < 4.78 is 39.0. The van der Waals surface area contributed by atoms with E-state index < -0.39 is 21.8 Å². The number of fused-ring (bicyclic) bond motifs is 2. The van der Waals surface area contributed by atoms with Crippen LogP contribution in [0.15, 0.2) is 36.4 Å². The van der Waals surface area contributed by atoms with E-state index in [0.717, 1.165) is 0 Å². The lowest BCUT2D eigenvalue weighted by atomic mass is 10.1. The first kappa shape index (κ1) is 30.2. The normalized spacial score (nSPS) is 11.6. The summed E-state index contributed by atoms with van der Waals surface area (Å²) in [6.45, 7) is 0. The predicted octanol–water partition coefficient (Wildman–Crippen LogP) is 5.34. The quantitative estimate of drug-likeness (QED) is 0.176. The van der Waals surface area contributed by atoms with Crippen LogP contribution >= 0.6 is 22.7 Å². The Balaban J connectivity index is 1.59. The maximum atomic E-state index is 13.4. The summed E-state index contributed by atoms with van der Waals surface area (Å²) in [4.78, 5) is 47.2. The van der Waals surface area contributed by atoms with Crippen molar-refractivity contribution in [1.82, 2.24) is 0 Å². The highest BCUT2D eigenvalue weighted by molar-refractivity contribution is 7.89. The van der Waals surface area contributed by atoms with Crippen LogP contribution < -0.4 is 9.47 Å². The van der Waals surface area contributed by atoms with Crippen LogP contribution in [0.4, 0.5) is 0 Å². The van der Waals surface area contributed by atoms with E-state index in [1.807, 2.05) is 0 Å². The zero-order valence-electron chi connectivity index (χ0n) is 22.1. The maximum Gasteiger partial charge on any atom is 0.303 e. The van der Waals surface area contributed by atoms with Gasteiger partial charge in [0, 0.05) is 33.4 Å². The molecule has 0 saturated heterocycles. The Morgan fingerprint density at radius 2 is 1.05 bits per heavy atom. The molecule has 13 heteroatoms. The van der Waals surface area contributed by atoms with Gasteiger partial charge in [0.2, 0.25) is 0 Å². The molecule has 216 valence electrons. The summed E-state index contributed by atoms with van der Waals surface area (Å²) in [5.41, 5.74) is 0.822. The summed E-state index contributed by atoms with van der Waals surface area (Å²) in [6.07, 6.45) is -0.810. The van der Waals surface area contributed by atoms with Crippen molar-refractivity contribution in [1.29, 1.82) is 0 Å². The second kappa shape index (κ2) is 12.4. The molecular formula is C28H26O10S3. The summed E-state index contributed by atoms with van der Waals surface area (Å²) in [6, 6.07) is 9.94. The van der Waals surface area contributed by atoms with Gasteiger partial charge in [-0.05, 0) is 47.2 Å². The third-order valence-corrected chi connectivity index (χ3v) is 10.1. The minimum absolute atomic E-state index is 0.130. The lowest BCUT2D eigenvalue weighted by molar-refractivity contribution is -0.137. The maximum absolute atomic E-state index is 13.4. The summed E-state index contributed by atoms with van der Waals surface area (Å²) in [7, 11) is -0.916. The number of hydrogen-bond acceptors (Lipinski definition) is 10. The van der Waals surface area contributed by atoms with Gasteiger partial charge in [0.1, 0.15) is 11.5 Å². The Bertz CT molecular complexity index is 1660. The Kier molecular flexibility index (Phi) is 9.10. The zero-order valence-corrected chi connectivity index (χ0v) is 24.5. The molecule has 0 amide bonds. The fourth-order valence-corrected chi connectivity index (χ4v) is 7.96. The fraction of sp³-hybridized carbons (Fsp3) is 0.286. The van der Waals surface area contributed by atoms with Crippen LogP contribution in [0.25, 0.3) is 20.2 Å². The van der Waals surface area contributed by atoms with Crippen molar-refractivity contribution in [3.05, 3.63) is 57.3 Å². The first-order valence-electron chi connectivity index (χ1n) is 12.3. The monoisotopic (exact) mass is 618 g/mol. The summed E-state index contributed by atoms with van der Waals surface area (Å²) >= 11 is 2.33. The van der Waals surface area contributed by atoms with E-state index in [4.69, 9.17) is 19.7 Å². The molecule has 4 aromatic rings. The van der Waals surface area contributed by atoms with E-state index in [2.05, 4.69) is 0 Å². The predicted molar refractivity (Wildman–Crippen MR) is 155 cm³/mol. The number of thiophene rings is 2. The molecular weight excluding hydrogens is 592 g/mol. The lowest BCUT2D eigenvalue weighted by Crippen LogP contribution is -2.09. The Hall–Kier alpha value is -3.81. The van der Waals surface area contributed by atoms with Crippen molar-refractivity contribution in [3.63, 3.8) is 0 Å². The van der Waals surface area contributed by atoms with E-state index in [0.29, 0.717) is 52.6 Å². The van der Waals surface area contributed by atoms with Gasteiger partial charge < -0.3 is 19.7 Å². The number of carbonyl (C=O) groups excluding carboxylic acids is 2. The highest BCUT2D eigenvalue weighted by Crippen LogP contribution is 2.36. The lowest BCUT2D eigenvalue weighted by Gasteiger charge is -2.12. The minimum atomic E-state index is -3.76. The van der Waals surface area contributed by atoms with Gasteiger partial charge in [-0.25, -0.2) is 8.42 Å². The van der Waals surface area contributed by atoms with Gasteiger partial charge in [-0.2, -0.15) is 0 Å². The van der Waals surface area contributed by atoms with E-state index in [1.54, 1.807) is 36.4 Å². The molecule has 2 heterocycles. The van der Waals surface area contributed by atoms with Crippen molar-refractivity contribution in [2.24, 2.45) is 0 Å². The first-order valence-corrected chi connectivity index (χ1v) is 15.8. The van der Waals surface area contributed by atoms with E-state index in [-0.39, 0.29) is 48.8 Å². The van der Waals surface area contributed by atoms with Crippen LogP contribution in [0.2, 0.25) is 0 Å². The molecule has 41 heavy (non-hydrogen) atoms. The fourth-order valence-electron chi connectivity index (χ4n) is 4.31. The van der Waals surface area contributed by atoms with Crippen LogP contribution in [-0.4, -0.2) is 56.4 Å². The molecule has 0 radical (unpaired) electrons. The molecule has 10 nitrogen and oxygen atoms in total. The largest absolute Gasteiger partial charge is 0.496 e. The van der Waals surface area contributed by atoms with E-state index in [1.165, 1.54) is 36.9 Å². The van der Waals surface area contributed by atoms with Crippen LogP contribution in [0.1, 0.15) is 56.2 Å². The average Bonchev–Trinajstić information content (AvgIpc) is 3.52. The number of aliphatic carboxylic acids is 2. The molecule has 0 aliphatic heterocycles. The number of ether oxygens (including phenoxy) is 2. The van der Waals surface area contributed by atoms with E-state index >= 15 is 0 Å². The molecule has 0 aliphatic carbocycles. The summed E-state index contributed by atoms with van der Waals surface area (Å²) in [5.74, 6) is -2.74. The minimum Gasteiger partial charge on any atom is -0.496 e. The van der Waals surface area contributed by atoms with Crippen molar-refractivity contribution in [2.45, 2.75) is 37.2 Å². The Morgan fingerprint density at radius 1 is 0.659 bits per heavy atom. The van der Waals surface area contributed by atoms with Gasteiger partial charge in [0.25, 0.3) is 0 Å². The Morgan fingerprint density at radius 3 is 1.39 bits per heavy atom. The highest BCUT2D eigenvalue weighted by atomic mass is 32.2. The zero-order chi connectivity index (χ0) is 29.9. The second-order valence-corrected chi connectivity index (χ2v) is 13.5. The number of sulfone groups is 1. The number of Topliss-reactive ketones (excluding diaryl/α,β-unsaturated/α-hetero) is 2. The van der Waals surface area contributed by atoms with E-state index in [9.17, 15) is 27.6 Å². The van der Waals surface area contributed by atoms with Gasteiger partial charge in [-0.15, -0.1) is 22.7 Å². The molecule has 2 aromatic carbocycles. The Labute approximate surface area is 243 Å². The number of carboxylic acid groups (broad SMARTS) is 2. The number of carboxylic acids is 2. The average molecular weight is 619 g/mol. The molecule has 2 N–H and O–H groups in total. The molecule has 4 rings (SSSR count). The van der Waals surface area contributed by atoms with Crippen molar-refractivity contribution >= 4 is 76.2 Å². The van der Waals surface area contributed by atoms with Gasteiger partial charge in [0.15, 0.2) is 21.4 Å². The second-order valence-electron chi connectivity index (χ2n) is 9.29. The van der Waals surface area contributed by atoms with Crippen molar-refractivity contribution < 1.29 is 47.3 Å². The van der Waals surface area contributed by atoms with Gasteiger partial charge >= 0.3 is 11.9 Å². The molecule has 0 aliphatic rings. The number of rotatable bonds is 14. The number of ketones is 2. The molecule has 2 aromatic heterocycles. The molecule has 0 bridgehead atoms. The molecule has 0 unspecified atom stereocenters. The summed E-state index contributed by atoms with van der Waals surface area (Å²) in [5, 5.41) is 19.1. The first-order chi connectivity index (χ1) is 19.4. The van der Waals surface area contributed by atoms with Crippen LogP contribution in [0.5, 0.6) is 11.5 Å². The molecule has 0 atom stereocenters. The van der Waals surface area contributed by atoms with Crippen LogP contribution in [0, 0.1) is 0 Å². The number of carbonyl (C=O) groups is 4. The molecule has 0 saturated carbocycles. The van der Waals surface area contributed by atoms with Crippen LogP contribution in [-0.2, 0) is 30.9 Å². The van der Waals surface area contributed by atoms with Gasteiger partial charge in [-0.1, -0.05) is 0 Å². The standard InChI is InChI=1S/C28H26O10S3/c1-37-21-7-15-9-25(19(29)3-5-27(31)32)39-23(15)11-17(21)13-41(35,36)14-18-12-24-16(8-22(18)38-2)10-26(40-24)20(30)4-6-28(33)34/h7-12H,3-6,13-14H2,1-2H3,(H,31,32)(H,33,34). The topological polar surface area (TPSA) is 161 Å². The van der Waals surface area contributed by atoms with Gasteiger partial charge in [0.05, 0.1) is 48.3 Å². The SMILES string of the molecule is COc1cc2cc(C(=O)CCC(=O)O)sc2cc1CS(=O)(=O)Cc1cc2sc(C(=O)CCC(=O)O)cc2cc1OC. The number of benzene rings is 2. The third-order valence-electron chi connectivity index (χ3n) is 6.27. The van der Waals surface area contributed by atoms with Crippen molar-refractivity contribution in [3.8, 4) is 11.5 Å². The third kappa shape index (κ3) is 7.29. The molecule has 0 fully saturated rings. The number of methoxy groups -OCH3 is 2. The van der Waals surface area contributed by atoms with Gasteiger partial charge in [-0.3, -0.25) is 19.2 Å². The highest BCUT2D eigenvalue weighted by Gasteiger charge is 2.22. The number of hydrogen-bond donors (Lipinski definition) is 2. The smallest absolute Gasteiger partial charge is 0.303 e. The van der Waals surface area contributed by atoms with Crippen LogP contribution in [0.3, 0.4) is 0 Å². The molecule has 0 spiro atoms. The van der Waals surface area contributed by atoms with Crippen molar-refractivity contribution in [2.75, 3.05) is 14.2 Å².